The van der Waals surface area contributed by atoms with E-state index >= 15 is 0 Å². The Balaban J connectivity index is 2.25. The number of ether oxygens (including phenoxy) is 1. The van der Waals surface area contributed by atoms with Crippen molar-refractivity contribution in [3.63, 3.8) is 0 Å². The summed E-state index contributed by atoms with van der Waals surface area (Å²) in [5.41, 5.74) is 0.735. The second-order valence-electron chi connectivity index (χ2n) is 5.35. The lowest BCUT2D eigenvalue weighted by Crippen LogP contribution is -2.52. The van der Waals surface area contributed by atoms with Gasteiger partial charge in [0.05, 0.1) is 22.3 Å². The molecule has 4 nitrogen and oxygen atoms in total. The van der Waals surface area contributed by atoms with E-state index in [9.17, 15) is 4.79 Å². The van der Waals surface area contributed by atoms with Gasteiger partial charge in [0.2, 0.25) is 0 Å². The molecule has 0 aromatic carbocycles. The van der Waals surface area contributed by atoms with Crippen LogP contribution in [0.3, 0.4) is 0 Å². The summed E-state index contributed by atoms with van der Waals surface area (Å²) in [7, 11) is 0. The lowest BCUT2D eigenvalue weighted by molar-refractivity contribution is -0.0749. The fourth-order valence-corrected chi connectivity index (χ4v) is 3.41. The van der Waals surface area contributed by atoms with Crippen LogP contribution in [0.15, 0.2) is 0 Å². The molecule has 2 rings (SSSR count). The molecule has 1 fully saturated rings. The molecule has 1 aliphatic rings. The van der Waals surface area contributed by atoms with Crippen LogP contribution in [-0.4, -0.2) is 36.1 Å². The van der Waals surface area contributed by atoms with Gasteiger partial charge in [-0.25, -0.2) is 4.98 Å². The molecule has 2 heterocycles. The highest BCUT2D eigenvalue weighted by Gasteiger charge is 2.32. The van der Waals surface area contributed by atoms with Crippen molar-refractivity contribution in [2.75, 3.05) is 18.0 Å². The maximum absolute atomic E-state index is 11.0. The predicted octanol–water partition coefficient (Wildman–Crippen LogP) is 2.52. The summed E-state index contributed by atoms with van der Waals surface area (Å²) < 4.78 is 5.88. The number of carbonyl (C=O) groups excluding carboxylic acids is 1. The second-order valence-corrected chi connectivity index (χ2v) is 6.36. The van der Waals surface area contributed by atoms with Gasteiger partial charge in [0.1, 0.15) is 0 Å². The number of aryl methyl sites for hydroxylation is 1. The molecule has 100 valence electrons. The zero-order valence-corrected chi connectivity index (χ0v) is 12.2. The number of aldehydes is 1. The minimum atomic E-state index is -0.170. The molecule has 1 unspecified atom stereocenters. The Labute approximate surface area is 112 Å². The third-order valence-electron chi connectivity index (χ3n) is 3.00. The lowest BCUT2D eigenvalue weighted by Gasteiger charge is -2.41. The van der Waals surface area contributed by atoms with Crippen molar-refractivity contribution < 1.29 is 9.53 Å². The van der Waals surface area contributed by atoms with Gasteiger partial charge in [-0.05, 0) is 27.2 Å². The van der Waals surface area contributed by atoms with E-state index < -0.39 is 0 Å². The maximum atomic E-state index is 11.0. The normalized spacial score (nSPS) is 23.1. The Morgan fingerprint density at radius 3 is 2.83 bits per heavy atom. The molecule has 18 heavy (non-hydrogen) atoms. The summed E-state index contributed by atoms with van der Waals surface area (Å²) in [6, 6.07) is 0. The summed E-state index contributed by atoms with van der Waals surface area (Å²) in [5.74, 6) is 0. The van der Waals surface area contributed by atoms with Gasteiger partial charge in [-0.3, -0.25) is 4.79 Å². The zero-order chi connectivity index (χ0) is 13.3. The van der Waals surface area contributed by atoms with Gasteiger partial charge in [0, 0.05) is 13.1 Å². The average molecular weight is 268 g/mol. The molecule has 0 spiro atoms. The number of rotatable bonds is 3. The molecule has 1 atom stereocenters. The van der Waals surface area contributed by atoms with Crippen molar-refractivity contribution in [2.45, 2.75) is 45.8 Å². The van der Waals surface area contributed by atoms with Crippen LogP contribution in [0.4, 0.5) is 5.13 Å². The molecule has 1 saturated heterocycles. The number of aromatic nitrogens is 1. The van der Waals surface area contributed by atoms with E-state index in [1.807, 2.05) is 6.92 Å². The molecule has 1 aromatic heterocycles. The van der Waals surface area contributed by atoms with E-state index in [1.54, 1.807) is 0 Å². The minimum absolute atomic E-state index is 0.170. The first-order chi connectivity index (χ1) is 8.45. The van der Waals surface area contributed by atoms with Gasteiger partial charge in [0.25, 0.3) is 0 Å². The first kappa shape index (κ1) is 13.5. The zero-order valence-electron chi connectivity index (χ0n) is 11.4. The van der Waals surface area contributed by atoms with Crippen LogP contribution in [0.1, 0.15) is 43.1 Å². The average Bonchev–Trinajstić information content (AvgIpc) is 2.69. The highest BCUT2D eigenvalue weighted by Crippen LogP contribution is 2.30. The van der Waals surface area contributed by atoms with Gasteiger partial charge in [-0.15, -0.1) is 0 Å². The van der Waals surface area contributed by atoms with Crippen LogP contribution >= 0.6 is 11.3 Å². The highest BCUT2D eigenvalue weighted by molar-refractivity contribution is 7.17. The van der Waals surface area contributed by atoms with E-state index in [0.717, 1.165) is 41.5 Å². The Kier molecular flexibility index (Phi) is 3.73. The van der Waals surface area contributed by atoms with Crippen LogP contribution in [0.25, 0.3) is 0 Å². The first-order valence-electron chi connectivity index (χ1n) is 6.33. The molecule has 5 heteroatoms. The number of hydrogen-bond donors (Lipinski definition) is 0. The SMILES string of the molecule is CCc1nc(N2CC(C)OC(C)(C)C2)sc1C=O. The van der Waals surface area contributed by atoms with Crippen molar-refractivity contribution in [1.29, 1.82) is 0 Å². The van der Waals surface area contributed by atoms with Crippen LogP contribution in [0.2, 0.25) is 0 Å². The standard InChI is InChI=1S/C13H20N2O2S/c1-5-10-11(7-16)18-12(14-10)15-6-9(2)17-13(3,4)8-15/h7,9H,5-6,8H2,1-4H3. The van der Waals surface area contributed by atoms with Crippen LogP contribution in [0, 0.1) is 0 Å². The highest BCUT2D eigenvalue weighted by atomic mass is 32.1. The second kappa shape index (κ2) is 4.97. The fraction of sp³-hybridized carbons (Fsp3) is 0.692. The summed E-state index contributed by atoms with van der Waals surface area (Å²) in [4.78, 5) is 18.6. The topological polar surface area (TPSA) is 42.4 Å². The van der Waals surface area contributed by atoms with E-state index in [0.29, 0.717) is 0 Å². The van der Waals surface area contributed by atoms with Crippen molar-refractivity contribution in [3.05, 3.63) is 10.6 Å². The summed E-state index contributed by atoms with van der Waals surface area (Å²) >= 11 is 1.48. The quantitative estimate of drug-likeness (QED) is 0.790. The summed E-state index contributed by atoms with van der Waals surface area (Å²) in [6.07, 6.45) is 1.89. The van der Waals surface area contributed by atoms with Crippen LogP contribution in [0.5, 0.6) is 0 Å². The van der Waals surface area contributed by atoms with E-state index in [4.69, 9.17) is 4.74 Å². The summed E-state index contributed by atoms with van der Waals surface area (Å²) in [5, 5.41) is 0.942. The van der Waals surface area contributed by atoms with Gasteiger partial charge in [-0.1, -0.05) is 18.3 Å². The van der Waals surface area contributed by atoms with E-state index in [-0.39, 0.29) is 11.7 Å². The Morgan fingerprint density at radius 1 is 1.61 bits per heavy atom. The molecular weight excluding hydrogens is 248 g/mol. The predicted molar refractivity (Wildman–Crippen MR) is 73.7 cm³/mol. The third kappa shape index (κ3) is 2.72. The number of anilines is 1. The molecular formula is C13H20N2O2S. The molecule has 1 aromatic rings. The summed E-state index contributed by atoms with van der Waals surface area (Å²) in [6.45, 7) is 9.92. The smallest absolute Gasteiger partial charge is 0.186 e. The van der Waals surface area contributed by atoms with Crippen LogP contribution in [-0.2, 0) is 11.2 Å². The molecule has 0 aliphatic carbocycles. The molecule has 0 radical (unpaired) electrons. The van der Waals surface area contributed by atoms with Gasteiger partial charge in [-0.2, -0.15) is 0 Å². The molecule has 1 aliphatic heterocycles. The third-order valence-corrected chi connectivity index (χ3v) is 4.08. The Morgan fingerprint density at radius 2 is 2.33 bits per heavy atom. The Bertz CT molecular complexity index is 442. The Hall–Kier alpha value is -0.940. The largest absolute Gasteiger partial charge is 0.369 e. The van der Waals surface area contributed by atoms with Crippen molar-refractivity contribution in [1.82, 2.24) is 4.98 Å². The van der Waals surface area contributed by atoms with Crippen molar-refractivity contribution in [3.8, 4) is 0 Å². The molecule has 0 N–H and O–H groups in total. The first-order valence-corrected chi connectivity index (χ1v) is 7.14. The van der Waals surface area contributed by atoms with Crippen LogP contribution < -0.4 is 4.90 Å². The molecule has 0 bridgehead atoms. The van der Waals surface area contributed by atoms with E-state index in [2.05, 4.69) is 30.7 Å². The number of hydrogen-bond acceptors (Lipinski definition) is 5. The van der Waals surface area contributed by atoms with Gasteiger partial charge < -0.3 is 9.64 Å². The minimum Gasteiger partial charge on any atom is -0.369 e. The van der Waals surface area contributed by atoms with E-state index in [1.165, 1.54) is 11.3 Å². The number of nitrogens with zero attached hydrogens (tertiary/aromatic N) is 2. The molecule has 0 amide bonds. The van der Waals surface area contributed by atoms with Crippen molar-refractivity contribution in [2.24, 2.45) is 0 Å². The van der Waals surface area contributed by atoms with Gasteiger partial charge in [0.15, 0.2) is 11.4 Å². The monoisotopic (exact) mass is 268 g/mol. The fourth-order valence-electron chi connectivity index (χ4n) is 2.43. The number of morpholine rings is 1. The molecule has 0 saturated carbocycles. The lowest BCUT2D eigenvalue weighted by atomic mass is 10.1. The number of thiazole rings is 1. The maximum Gasteiger partial charge on any atom is 0.186 e. The van der Waals surface area contributed by atoms with Crippen molar-refractivity contribution >= 4 is 22.8 Å². The number of carbonyl (C=O) groups is 1. The van der Waals surface area contributed by atoms with Gasteiger partial charge >= 0.3 is 0 Å².